The largest absolute Gasteiger partial charge is 0.349 e. The second-order valence-corrected chi connectivity index (χ2v) is 5.58. The van der Waals surface area contributed by atoms with Crippen molar-refractivity contribution in [1.82, 2.24) is 5.32 Å². The van der Waals surface area contributed by atoms with Crippen LogP contribution in [0.4, 0.5) is 0 Å². The predicted octanol–water partition coefficient (Wildman–Crippen LogP) is 2.16. The van der Waals surface area contributed by atoms with Gasteiger partial charge in [0, 0.05) is 17.2 Å². The molecule has 0 bridgehead atoms. The number of nitrogens with two attached hydrogens (primary N) is 1. The fraction of sp³-hybridized carbons (Fsp3) is 0.471. The number of hydrogen-bond acceptors (Lipinski definition) is 2. The summed E-state index contributed by atoms with van der Waals surface area (Å²) in [6, 6.07) is 7.66. The third kappa shape index (κ3) is 3.40. The van der Waals surface area contributed by atoms with E-state index in [1.807, 2.05) is 24.3 Å². The Morgan fingerprint density at radius 1 is 1.30 bits per heavy atom. The first-order chi connectivity index (χ1) is 9.61. The first kappa shape index (κ1) is 14.6. The van der Waals surface area contributed by atoms with E-state index in [1.165, 1.54) is 6.42 Å². The molecule has 3 atom stereocenters. The van der Waals surface area contributed by atoms with Gasteiger partial charge in [-0.15, -0.1) is 0 Å². The molecule has 2 rings (SSSR count). The lowest BCUT2D eigenvalue weighted by Crippen LogP contribution is -2.37. The standard InChI is InChI=1S/C17H22N2O/c1-12-5-10-16(13(12)2)19-17(20)15-8-6-14(7-9-15)4-3-11-18/h6-9,12-13,16H,5,10-11,18H2,1-2H3,(H,19,20). The van der Waals surface area contributed by atoms with Crippen molar-refractivity contribution >= 4 is 5.91 Å². The summed E-state index contributed by atoms with van der Waals surface area (Å²) in [4.78, 5) is 12.2. The molecule has 1 aromatic carbocycles. The van der Waals surface area contributed by atoms with Crippen molar-refractivity contribution in [2.45, 2.75) is 32.7 Å². The predicted molar refractivity (Wildman–Crippen MR) is 81.2 cm³/mol. The van der Waals surface area contributed by atoms with Crippen LogP contribution in [0.15, 0.2) is 24.3 Å². The number of nitrogens with one attached hydrogen (secondary N) is 1. The van der Waals surface area contributed by atoms with Gasteiger partial charge in [-0.2, -0.15) is 0 Å². The summed E-state index contributed by atoms with van der Waals surface area (Å²) in [6.45, 7) is 4.82. The number of amides is 1. The van der Waals surface area contributed by atoms with Gasteiger partial charge in [-0.3, -0.25) is 4.79 Å². The zero-order valence-electron chi connectivity index (χ0n) is 12.1. The van der Waals surface area contributed by atoms with E-state index in [0.717, 1.165) is 12.0 Å². The molecule has 0 radical (unpaired) electrons. The first-order valence-electron chi connectivity index (χ1n) is 7.21. The molecule has 3 nitrogen and oxygen atoms in total. The first-order valence-corrected chi connectivity index (χ1v) is 7.21. The molecule has 0 heterocycles. The molecule has 3 N–H and O–H groups in total. The maximum absolute atomic E-state index is 12.2. The second kappa shape index (κ2) is 6.58. The van der Waals surface area contributed by atoms with Gasteiger partial charge in [0.1, 0.15) is 0 Å². The van der Waals surface area contributed by atoms with Crippen molar-refractivity contribution in [2.24, 2.45) is 17.6 Å². The van der Waals surface area contributed by atoms with Crippen LogP contribution in [0.5, 0.6) is 0 Å². The smallest absolute Gasteiger partial charge is 0.251 e. The normalized spacial score (nSPS) is 24.9. The molecule has 3 unspecified atom stereocenters. The van der Waals surface area contributed by atoms with Crippen LogP contribution < -0.4 is 11.1 Å². The lowest BCUT2D eigenvalue weighted by molar-refractivity contribution is 0.0927. The van der Waals surface area contributed by atoms with E-state index >= 15 is 0 Å². The molecule has 1 aromatic rings. The van der Waals surface area contributed by atoms with E-state index in [0.29, 0.717) is 30.0 Å². The lowest BCUT2D eigenvalue weighted by Gasteiger charge is -2.19. The van der Waals surface area contributed by atoms with Crippen molar-refractivity contribution in [3.05, 3.63) is 35.4 Å². The molecule has 1 amide bonds. The Morgan fingerprint density at radius 3 is 2.55 bits per heavy atom. The molecule has 1 aliphatic carbocycles. The molecule has 106 valence electrons. The molecule has 20 heavy (non-hydrogen) atoms. The van der Waals surface area contributed by atoms with Crippen molar-refractivity contribution in [3.63, 3.8) is 0 Å². The van der Waals surface area contributed by atoms with Gasteiger partial charge in [0.05, 0.1) is 6.54 Å². The molecular formula is C17H22N2O. The third-order valence-corrected chi connectivity index (χ3v) is 4.26. The lowest BCUT2D eigenvalue weighted by atomic mass is 9.97. The summed E-state index contributed by atoms with van der Waals surface area (Å²) in [6.07, 6.45) is 2.27. The highest BCUT2D eigenvalue weighted by Gasteiger charge is 2.30. The Kier molecular flexibility index (Phi) is 4.81. The van der Waals surface area contributed by atoms with Gasteiger partial charge in [0.25, 0.3) is 5.91 Å². The van der Waals surface area contributed by atoms with Crippen LogP contribution in [0.1, 0.15) is 42.6 Å². The Bertz CT molecular complexity index is 524. The molecule has 0 spiro atoms. The molecule has 3 heteroatoms. The summed E-state index contributed by atoms with van der Waals surface area (Å²) in [5.74, 6) is 7.00. The summed E-state index contributed by atoms with van der Waals surface area (Å²) in [7, 11) is 0. The van der Waals surface area contributed by atoms with Crippen LogP contribution in [0.25, 0.3) is 0 Å². The molecule has 0 aromatic heterocycles. The SMILES string of the molecule is CC1CCC(NC(=O)c2ccc(C#CCN)cc2)C1C. The van der Waals surface area contributed by atoms with E-state index in [9.17, 15) is 4.79 Å². The van der Waals surface area contributed by atoms with Crippen LogP contribution in [-0.2, 0) is 0 Å². The Labute approximate surface area is 120 Å². The quantitative estimate of drug-likeness (QED) is 0.809. The minimum absolute atomic E-state index is 0.00860. The van der Waals surface area contributed by atoms with Gasteiger partial charge in [-0.05, 0) is 48.9 Å². The van der Waals surface area contributed by atoms with Gasteiger partial charge in [0.2, 0.25) is 0 Å². The fourth-order valence-electron chi connectivity index (χ4n) is 2.68. The minimum atomic E-state index is 0.00860. The van der Waals surface area contributed by atoms with E-state index in [2.05, 4.69) is 31.0 Å². The molecule has 0 aliphatic heterocycles. The van der Waals surface area contributed by atoms with Crippen LogP contribution in [0, 0.1) is 23.7 Å². The maximum Gasteiger partial charge on any atom is 0.251 e. The number of carbonyl (C=O) groups excluding carboxylic acids is 1. The summed E-state index contributed by atoms with van der Waals surface area (Å²) in [5, 5.41) is 3.14. The zero-order valence-corrected chi connectivity index (χ0v) is 12.1. The van der Waals surface area contributed by atoms with E-state index < -0.39 is 0 Å². The number of carbonyl (C=O) groups is 1. The van der Waals surface area contributed by atoms with E-state index in [1.54, 1.807) is 0 Å². The van der Waals surface area contributed by atoms with Crippen LogP contribution in [0.2, 0.25) is 0 Å². The maximum atomic E-state index is 12.2. The molecular weight excluding hydrogens is 248 g/mol. The molecule has 0 saturated heterocycles. The van der Waals surface area contributed by atoms with Gasteiger partial charge in [-0.25, -0.2) is 0 Å². The second-order valence-electron chi connectivity index (χ2n) is 5.58. The van der Waals surface area contributed by atoms with Crippen LogP contribution in [0.3, 0.4) is 0 Å². The highest BCUT2D eigenvalue weighted by molar-refractivity contribution is 5.94. The van der Waals surface area contributed by atoms with Gasteiger partial charge >= 0.3 is 0 Å². The van der Waals surface area contributed by atoms with Crippen molar-refractivity contribution in [1.29, 1.82) is 0 Å². The number of hydrogen-bond donors (Lipinski definition) is 2. The average Bonchev–Trinajstić information content (AvgIpc) is 2.77. The summed E-state index contributed by atoms with van der Waals surface area (Å²) >= 11 is 0. The third-order valence-electron chi connectivity index (χ3n) is 4.26. The highest BCUT2D eigenvalue weighted by Crippen LogP contribution is 2.31. The van der Waals surface area contributed by atoms with Gasteiger partial charge in [-0.1, -0.05) is 25.7 Å². The highest BCUT2D eigenvalue weighted by atomic mass is 16.1. The van der Waals surface area contributed by atoms with Crippen molar-refractivity contribution in [3.8, 4) is 11.8 Å². The van der Waals surface area contributed by atoms with Crippen LogP contribution in [-0.4, -0.2) is 18.5 Å². The van der Waals surface area contributed by atoms with Crippen molar-refractivity contribution in [2.75, 3.05) is 6.54 Å². The Balaban J connectivity index is 1.99. The Hall–Kier alpha value is -1.79. The van der Waals surface area contributed by atoms with Gasteiger partial charge < -0.3 is 11.1 Å². The van der Waals surface area contributed by atoms with Gasteiger partial charge in [0.15, 0.2) is 0 Å². The monoisotopic (exact) mass is 270 g/mol. The minimum Gasteiger partial charge on any atom is -0.349 e. The number of rotatable bonds is 2. The molecule has 1 aliphatic rings. The Morgan fingerprint density at radius 2 is 2.00 bits per heavy atom. The van der Waals surface area contributed by atoms with E-state index in [4.69, 9.17) is 5.73 Å². The molecule has 1 fully saturated rings. The summed E-state index contributed by atoms with van der Waals surface area (Å²) < 4.78 is 0. The topological polar surface area (TPSA) is 55.1 Å². The average molecular weight is 270 g/mol. The zero-order chi connectivity index (χ0) is 14.5. The number of benzene rings is 1. The van der Waals surface area contributed by atoms with Crippen LogP contribution >= 0.6 is 0 Å². The van der Waals surface area contributed by atoms with Crippen molar-refractivity contribution < 1.29 is 4.79 Å². The molecule has 1 saturated carbocycles. The summed E-state index contributed by atoms with van der Waals surface area (Å²) in [5.41, 5.74) is 6.91. The van der Waals surface area contributed by atoms with E-state index in [-0.39, 0.29) is 5.91 Å². The fourth-order valence-corrected chi connectivity index (χ4v) is 2.68.